The lowest BCUT2D eigenvalue weighted by Gasteiger charge is -2.43. The van der Waals surface area contributed by atoms with Gasteiger partial charge >= 0.3 is 5.96 Å². The molecule has 41 heavy (non-hydrogen) atoms. The Bertz CT molecular complexity index is 1470. The van der Waals surface area contributed by atoms with Gasteiger partial charge in [-0.15, -0.1) is 0 Å². The van der Waals surface area contributed by atoms with Crippen LogP contribution in [-0.4, -0.2) is 88.3 Å². The van der Waals surface area contributed by atoms with Gasteiger partial charge in [-0.3, -0.25) is 25.3 Å². The summed E-state index contributed by atoms with van der Waals surface area (Å²) in [5.41, 5.74) is 13.9. The van der Waals surface area contributed by atoms with Crippen LogP contribution in [0.3, 0.4) is 0 Å². The predicted molar refractivity (Wildman–Crippen MR) is 150 cm³/mol. The summed E-state index contributed by atoms with van der Waals surface area (Å²) in [6.07, 6.45) is 1.30. The van der Waals surface area contributed by atoms with Gasteiger partial charge in [0.05, 0.1) is 18.2 Å². The van der Waals surface area contributed by atoms with Crippen LogP contribution in [0.15, 0.2) is 41.5 Å². The number of aliphatic hydroxyl groups excluding tert-OH is 1. The first kappa shape index (κ1) is 26.8. The zero-order valence-corrected chi connectivity index (χ0v) is 23.3. The van der Waals surface area contributed by atoms with E-state index >= 15 is 0 Å². The van der Waals surface area contributed by atoms with Crippen molar-refractivity contribution >= 4 is 23.7 Å². The smallest absolute Gasteiger partial charge is 0.343 e. The van der Waals surface area contributed by atoms with E-state index in [0.717, 1.165) is 17.7 Å². The Morgan fingerprint density at radius 2 is 2.07 bits per heavy atom. The number of nitrogens with two attached hydrogens (primary N) is 2. The minimum absolute atomic E-state index is 0.123. The number of aryl methyl sites for hydroxylation is 1. The fourth-order valence-electron chi connectivity index (χ4n) is 6.47. The minimum Gasteiger partial charge on any atom is -0.492 e. The number of hydrogen-bond donors (Lipinski definition) is 7. The first-order valence-corrected chi connectivity index (χ1v) is 13.8. The highest BCUT2D eigenvalue weighted by Gasteiger charge is 2.68. The standard InChI is InChI=1S/C28H35N9O4/c1-14-11-15(7-9-31-14)23(39)32-12-18-21-28(36-25(29)35-21)22(38)19(13-37(28)26(30)34-18)33-24(40)16-5-4-6-17-20(16)41-10-8-27(17,2)3/h4-7,9,11,18-19,21-22,38H,8,10,12-13H2,1-3H3,(H2,30,34)(H,32,39)(H,33,40)(H3,29,35,36)/p+1/t18-,19?,21-,22+,28-/m0/s1. The summed E-state index contributed by atoms with van der Waals surface area (Å²) >= 11 is 0. The van der Waals surface area contributed by atoms with Gasteiger partial charge in [0.25, 0.3) is 11.8 Å². The maximum Gasteiger partial charge on any atom is 0.343 e. The number of carbonyl (C=O) groups is 2. The van der Waals surface area contributed by atoms with Gasteiger partial charge in [-0.25, -0.2) is 10.3 Å². The van der Waals surface area contributed by atoms with Crippen LogP contribution in [0.1, 0.15) is 52.2 Å². The summed E-state index contributed by atoms with van der Waals surface area (Å²) in [7, 11) is 0. The second-order valence-electron chi connectivity index (χ2n) is 11.7. The van der Waals surface area contributed by atoms with E-state index in [1.807, 2.05) is 19.1 Å². The first-order valence-electron chi connectivity index (χ1n) is 13.8. The average molecular weight is 563 g/mol. The molecule has 216 valence electrons. The van der Waals surface area contributed by atoms with E-state index < -0.39 is 29.9 Å². The fourth-order valence-corrected chi connectivity index (χ4v) is 6.47. The normalized spacial score (nSPS) is 29.1. The van der Waals surface area contributed by atoms with Crippen LogP contribution in [-0.2, 0) is 5.41 Å². The molecule has 0 radical (unpaired) electrons. The number of benzene rings is 1. The second kappa shape index (κ2) is 9.61. The third kappa shape index (κ3) is 4.31. The Hall–Kier alpha value is -4.39. The van der Waals surface area contributed by atoms with Gasteiger partial charge in [0, 0.05) is 36.1 Å². The van der Waals surface area contributed by atoms with Gasteiger partial charge in [0.2, 0.25) is 5.66 Å². The van der Waals surface area contributed by atoms with Crippen molar-refractivity contribution in [2.24, 2.45) is 16.5 Å². The van der Waals surface area contributed by atoms with Crippen molar-refractivity contribution in [1.82, 2.24) is 25.8 Å². The highest BCUT2D eigenvalue weighted by Crippen LogP contribution is 2.41. The Kier molecular flexibility index (Phi) is 6.29. The number of carbonyl (C=O) groups excluding carboxylic acids is 2. The molecule has 4 aliphatic heterocycles. The number of pyridine rings is 1. The van der Waals surface area contributed by atoms with Gasteiger partial charge in [0.1, 0.15) is 17.9 Å². The van der Waals surface area contributed by atoms with E-state index in [-0.39, 0.29) is 42.2 Å². The number of ether oxygens (including phenoxy) is 1. The Morgan fingerprint density at radius 3 is 2.85 bits per heavy atom. The third-order valence-electron chi connectivity index (χ3n) is 8.65. The topological polar surface area (TPSA) is 194 Å². The maximum atomic E-state index is 13.6. The molecule has 4 aliphatic rings. The molecule has 2 amide bonds. The molecule has 1 spiro atoms. The summed E-state index contributed by atoms with van der Waals surface area (Å²) in [4.78, 5) is 40.1. The number of fused-ring (bicyclic) bond motifs is 1. The molecule has 2 aromatic rings. The van der Waals surface area contributed by atoms with E-state index in [1.165, 1.54) is 0 Å². The van der Waals surface area contributed by atoms with Crippen LogP contribution in [0.4, 0.5) is 0 Å². The molecule has 13 heteroatoms. The fraction of sp³-hybridized carbons (Fsp3) is 0.464. The number of hydrogen-bond acceptors (Lipinski definition) is 10. The summed E-state index contributed by atoms with van der Waals surface area (Å²) in [6, 6.07) is 7.06. The number of guanidine groups is 2. The molecule has 1 saturated heterocycles. The number of aliphatic imine (C=N–C) groups is 1. The molecule has 1 unspecified atom stereocenters. The lowest BCUT2D eigenvalue weighted by Crippen LogP contribution is -2.88. The summed E-state index contributed by atoms with van der Waals surface area (Å²) < 4.78 is 5.94. The van der Waals surface area contributed by atoms with E-state index in [9.17, 15) is 14.7 Å². The van der Waals surface area contributed by atoms with Gasteiger partial charge in [-0.1, -0.05) is 26.0 Å². The number of aliphatic hydroxyl groups is 1. The Labute approximate surface area is 237 Å². The predicted octanol–water partition coefficient (Wildman–Crippen LogP) is -2.58. The molecule has 5 heterocycles. The zero-order valence-electron chi connectivity index (χ0n) is 23.3. The number of aromatic nitrogens is 1. The number of nitrogens with zero attached hydrogens (tertiary/aromatic N) is 3. The van der Waals surface area contributed by atoms with Crippen LogP contribution in [0.2, 0.25) is 0 Å². The van der Waals surface area contributed by atoms with E-state index in [4.69, 9.17) is 16.2 Å². The number of para-hydroxylation sites is 1. The van der Waals surface area contributed by atoms with Crippen molar-refractivity contribution in [2.75, 3.05) is 19.7 Å². The lowest BCUT2D eigenvalue weighted by atomic mass is 9.79. The second-order valence-corrected chi connectivity index (χ2v) is 11.7. The summed E-state index contributed by atoms with van der Waals surface area (Å²) in [6.45, 7) is 6.92. The quantitative estimate of drug-likeness (QED) is 0.205. The molecular weight excluding hydrogens is 526 g/mol. The number of rotatable bonds is 5. The molecule has 5 atom stereocenters. The van der Waals surface area contributed by atoms with Crippen molar-refractivity contribution in [3.8, 4) is 5.75 Å². The van der Waals surface area contributed by atoms with Gasteiger partial charge in [-0.2, -0.15) is 0 Å². The molecule has 0 aliphatic carbocycles. The minimum atomic E-state index is -1.19. The van der Waals surface area contributed by atoms with Crippen LogP contribution >= 0.6 is 0 Å². The summed E-state index contributed by atoms with van der Waals surface area (Å²) in [5.74, 6) is 0.345. The monoisotopic (exact) mass is 562 g/mol. The molecule has 9 N–H and O–H groups in total. The van der Waals surface area contributed by atoms with Crippen molar-refractivity contribution in [3.05, 3.63) is 58.9 Å². The lowest BCUT2D eigenvalue weighted by molar-refractivity contribution is -0.513. The SMILES string of the molecule is Cc1cc(C(=O)NC[C@@H]2N=C(N)N3CC(NC(=O)c4cccc5c4OCCC5(C)C)[C@@H](O)[C@@]34NC(N)=[NH+][C@@H]24)ccn1. The van der Waals surface area contributed by atoms with Crippen molar-refractivity contribution in [1.29, 1.82) is 0 Å². The van der Waals surface area contributed by atoms with Crippen molar-refractivity contribution in [3.63, 3.8) is 0 Å². The van der Waals surface area contributed by atoms with Crippen LogP contribution in [0.25, 0.3) is 0 Å². The van der Waals surface area contributed by atoms with Crippen molar-refractivity contribution in [2.45, 2.75) is 62.5 Å². The molecule has 1 aromatic carbocycles. The molecule has 0 bridgehead atoms. The van der Waals surface area contributed by atoms with E-state index in [0.29, 0.717) is 23.5 Å². The van der Waals surface area contributed by atoms with Crippen LogP contribution in [0.5, 0.6) is 5.75 Å². The maximum absolute atomic E-state index is 13.6. The summed E-state index contributed by atoms with van der Waals surface area (Å²) in [5, 5.41) is 20.8. The van der Waals surface area contributed by atoms with E-state index in [1.54, 1.807) is 29.3 Å². The van der Waals surface area contributed by atoms with E-state index in [2.05, 4.69) is 44.8 Å². The Balaban J connectivity index is 1.23. The Morgan fingerprint density at radius 1 is 1.27 bits per heavy atom. The molecule has 1 aromatic heterocycles. The van der Waals surface area contributed by atoms with Gasteiger partial charge < -0.3 is 31.1 Å². The zero-order chi connectivity index (χ0) is 29.1. The third-order valence-corrected chi connectivity index (χ3v) is 8.65. The van der Waals surface area contributed by atoms with Gasteiger partial charge in [0.15, 0.2) is 12.0 Å². The van der Waals surface area contributed by atoms with Gasteiger partial charge in [-0.05, 0) is 37.0 Å². The van der Waals surface area contributed by atoms with Crippen LogP contribution < -0.4 is 37.1 Å². The van der Waals surface area contributed by atoms with Crippen molar-refractivity contribution < 1.29 is 24.4 Å². The number of amides is 2. The highest BCUT2D eigenvalue weighted by molar-refractivity contribution is 5.98. The average Bonchev–Trinajstić information content (AvgIpc) is 3.43. The molecule has 13 nitrogen and oxygen atoms in total. The first-order chi connectivity index (χ1) is 19.5. The highest BCUT2D eigenvalue weighted by atomic mass is 16.5. The molecule has 1 fully saturated rings. The molecule has 6 rings (SSSR count). The van der Waals surface area contributed by atoms with Crippen LogP contribution in [0, 0.1) is 6.92 Å². The molecular formula is C28H36N9O4+. The molecule has 0 saturated carbocycles. The number of nitrogens with one attached hydrogen (secondary N) is 4. The largest absolute Gasteiger partial charge is 0.492 e.